The van der Waals surface area contributed by atoms with E-state index in [1.807, 2.05) is 37.3 Å². The van der Waals surface area contributed by atoms with Crippen LogP contribution in [-0.4, -0.2) is 193 Å². The zero-order valence-corrected chi connectivity index (χ0v) is 55.2. The maximum Gasteiger partial charge on any atom is 0.329 e. The summed E-state index contributed by atoms with van der Waals surface area (Å²) in [6, 6.07) is -5.96. The highest BCUT2D eigenvalue weighted by atomic mass is 16.5. The number of guanidine groups is 2. The second-order valence-electron chi connectivity index (χ2n) is 23.5. The number of aliphatic hydroxyl groups is 2. The number of carbonyl (C=O) groups excluding carboxylic acids is 11. The van der Waals surface area contributed by atoms with Crippen molar-refractivity contribution in [3.8, 4) is 0 Å². The maximum absolute atomic E-state index is 14.6. The quantitative estimate of drug-likeness (QED) is 0.0134. The number of esters is 1. The number of nitrogens with two attached hydrogens (primary N) is 4. The van der Waals surface area contributed by atoms with Crippen molar-refractivity contribution in [1.29, 1.82) is 0 Å². The molecule has 1 fully saturated rings. The maximum atomic E-state index is 14.6. The fourth-order valence-electron chi connectivity index (χ4n) is 9.75. The number of benzene rings is 1. The van der Waals surface area contributed by atoms with E-state index in [0.29, 0.717) is 32.1 Å². The minimum absolute atomic E-state index is 0.00564. The average molecular weight is 1300 g/mol. The molecule has 0 radical (unpaired) electrons. The van der Waals surface area contributed by atoms with Gasteiger partial charge in [-0.2, -0.15) is 0 Å². The molecule has 16 atom stereocenters. The molecule has 2 rings (SSSR count). The summed E-state index contributed by atoms with van der Waals surface area (Å²) >= 11 is 0. The van der Waals surface area contributed by atoms with Crippen molar-refractivity contribution in [1.82, 2.24) is 58.5 Å². The summed E-state index contributed by atoms with van der Waals surface area (Å²) in [5.74, 6) is -12.3. The van der Waals surface area contributed by atoms with Gasteiger partial charge < -0.3 is 96.4 Å². The molecule has 0 saturated carbocycles. The third-order valence-electron chi connectivity index (χ3n) is 16.4. The Morgan fingerprint density at radius 1 is 0.554 bits per heavy atom. The number of aliphatic imine (C=N–C) groups is 2. The standard InChI is InChI=1S/C61H105N17O14/c1-12-22-38-50(82)77-47(35(9)16-5)59(91)92-36(10)48(58(90)71-39(49(81)69-38)25-20-27-67-60(62)63)78-54(86)43(31-80)73-56(88)45(33(7)14-3)76-57(89)46(34(8)15-4)74-51(83)40(26-21-28-68-61(64)65)70-53(85)42(30-79)72-55(87)44(32(6)13-2)75-52(84)41(66-11)29-37-23-18-17-19-24-37/h17-19,23-24,32-36,38-48,66,79-80H,12-16,20-22,25-31H2,1-11H3,(H,69,81)(H,70,85)(H,71,90)(H,72,87)(H,73,88)(H,74,83)(H,75,84)(H,76,89)(H,77,82)(H,78,86)(H4,62,63,67)(H4,64,65,68)/t32-,33-,34-,35-,36-,38-,39-,40+,41+,42-,43-,44-,45-,46+,47-,48+/m0/s1. The number of hydrogen-bond donors (Lipinski definition) is 17. The number of cyclic esters (lactones) is 1. The molecule has 31 heteroatoms. The van der Waals surface area contributed by atoms with E-state index in [-0.39, 0.29) is 63.5 Å². The van der Waals surface area contributed by atoms with Gasteiger partial charge in [-0.05, 0) is 81.7 Å². The lowest BCUT2D eigenvalue weighted by molar-refractivity contribution is -0.157. The number of likely N-dealkylation sites (N-methyl/N-ethyl adjacent to an activating group) is 1. The molecule has 518 valence electrons. The van der Waals surface area contributed by atoms with Crippen LogP contribution >= 0.6 is 0 Å². The predicted octanol–water partition coefficient (Wildman–Crippen LogP) is -3.31. The van der Waals surface area contributed by atoms with Crippen molar-refractivity contribution in [2.45, 2.75) is 212 Å². The van der Waals surface area contributed by atoms with E-state index in [1.165, 1.54) is 6.92 Å². The predicted molar refractivity (Wildman–Crippen MR) is 345 cm³/mol. The molecule has 0 bridgehead atoms. The summed E-state index contributed by atoms with van der Waals surface area (Å²) in [6.45, 7) is 14.9. The summed E-state index contributed by atoms with van der Waals surface area (Å²) in [4.78, 5) is 163. The topological polar surface area (TPSA) is 499 Å². The normalized spacial score (nSPS) is 20.6. The first-order valence-corrected chi connectivity index (χ1v) is 31.8. The van der Waals surface area contributed by atoms with E-state index in [1.54, 1.807) is 62.4 Å². The van der Waals surface area contributed by atoms with Gasteiger partial charge in [0.15, 0.2) is 11.9 Å². The highest BCUT2D eigenvalue weighted by Crippen LogP contribution is 2.18. The zero-order chi connectivity index (χ0) is 69.4. The molecule has 21 N–H and O–H groups in total. The highest BCUT2D eigenvalue weighted by molar-refractivity contribution is 5.99. The first-order chi connectivity index (χ1) is 43.6. The second kappa shape index (κ2) is 41.3. The van der Waals surface area contributed by atoms with Gasteiger partial charge in [0.25, 0.3) is 0 Å². The number of carbonyl (C=O) groups is 11. The van der Waals surface area contributed by atoms with E-state index in [4.69, 9.17) is 27.7 Å². The van der Waals surface area contributed by atoms with Crippen LogP contribution in [0.2, 0.25) is 0 Å². The number of rotatable bonds is 37. The fraction of sp³-hybridized carbons (Fsp3) is 0.689. The van der Waals surface area contributed by atoms with Gasteiger partial charge in [-0.15, -0.1) is 0 Å². The van der Waals surface area contributed by atoms with E-state index >= 15 is 0 Å². The molecule has 0 unspecified atom stereocenters. The second-order valence-corrected chi connectivity index (χ2v) is 23.5. The lowest BCUT2D eigenvalue weighted by atomic mass is 9.94. The van der Waals surface area contributed by atoms with Crippen molar-refractivity contribution < 1.29 is 67.7 Å². The monoisotopic (exact) mass is 1300 g/mol. The van der Waals surface area contributed by atoms with Gasteiger partial charge >= 0.3 is 5.97 Å². The summed E-state index contributed by atoms with van der Waals surface area (Å²) in [6.07, 6.45) is 0.839. The van der Waals surface area contributed by atoms with Gasteiger partial charge in [-0.3, -0.25) is 57.9 Å². The summed E-state index contributed by atoms with van der Waals surface area (Å²) < 4.78 is 5.78. The van der Waals surface area contributed by atoms with E-state index in [9.17, 15) is 63.0 Å². The SMILES string of the molecule is CCC[C@@H]1NC(=O)[C@H](CCCN=C(N)N)NC(=O)[C@H](NC(=O)[C@H](CO)NC(=O)[C@@H](NC(=O)[C@H](NC(=O)[C@@H](CCCN=C(N)N)NC(=O)[C@H](CO)NC(=O)[C@@H](NC(=O)[C@@H](Cc2ccccc2)NC)[C@@H](C)CC)[C@@H](C)CC)[C@@H](C)CC)[C@H](C)OC(=O)[C@H]([C@@H](C)CC)NC1=O. The van der Waals surface area contributed by atoms with Crippen LogP contribution in [-0.2, 0) is 63.9 Å². The summed E-state index contributed by atoms with van der Waals surface area (Å²) in [5.41, 5.74) is 23.0. The Hall–Kier alpha value is -8.19. The van der Waals surface area contributed by atoms with Crippen LogP contribution in [0, 0.1) is 23.7 Å². The molecular formula is C61H105N17O14. The number of amides is 10. The Labute approximate surface area is 539 Å². The lowest BCUT2D eigenvalue weighted by Gasteiger charge is -2.31. The van der Waals surface area contributed by atoms with Gasteiger partial charge in [0.2, 0.25) is 59.1 Å². The molecule has 0 spiro atoms. The van der Waals surface area contributed by atoms with Gasteiger partial charge in [0.05, 0.1) is 19.3 Å². The fourth-order valence-corrected chi connectivity index (χ4v) is 9.75. The number of nitrogens with zero attached hydrogens (tertiary/aromatic N) is 2. The first kappa shape index (κ1) is 79.9. The lowest BCUT2D eigenvalue weighted by Crippen LogP contribution is -2.63. The largest absolute Gasteiger partial charge is 0.458 e. The number of nitrogens with one attached hydrogen (secondary N) is 11. The van der Waals surface area contributed by atoms with E-state index in [2.05, 4.69) is 68.5 Å². The molecule has 1 heterocycles. The van der Waals surface area contributed by atoms with Gasteiger partial charge in [0.1, 0.15) is 66.5 Å². The van der Waals surface area contributed by atoms with Crippen molar-refractivity contribution in [3.63, 3.8) is 0 Å². The van der Waals surface area contributed by atoms with Gasteiger partial charge in [-0.25, -0.2) is 4.79 Å². The van der Waals surface area contributed by atoms with Crippen molar-refractivity contribution >= 4 is 77.0 Å². The highest BCUT2D eigenvalue weighted by Gasteiger charge is 2.41. The van der Waals surface area contributed by atoms with Crippen LogP contribution < -0.4 is 81.4 Å². The summed E-state index contributed by atoms with van der Waals surface area (Å²) in [5, 5.41) is 50.3. The minimum Gasteiger partial charge on any atom is -0.458 e. The molecule has 10 amide bonds. The van der Waals surface area contributed by atoms with Crippen LogP contribution in [0.1, 0.15) is 139 Å². The smallest absolute Gasteiger partial charge is 0.329 e. The molecule has 1 saturated heterocycles. The van der Waals surface area contributed by atoms with Crippen LogP contribution in [0.4, 0.5) is 0 Å². The van der Waals surface area contributed by atoms with Crippen LogP contribution in [0.3, 0.4) is 0 Å². The van der Waals surface area contributed by atoms with Crippen molar-refractivity contribution in [3.05, 3.63) is 35.9 Å². The number of ether oxygens (including phenoxy) is 1. The Morgan fingerprint density at radius 2 is 0.989 bits per heavy atom. The third kappa shape index (κ3) is 26.2. The Balaban J connectivity index is 2.50. The van der Waals surface area contributed by atoms with Gasteiger partial charge in [0, 0.05) is 13.1 Å². The third-order valence-corrected chi connectivity index (χ3v) is 16.4. The van der Waals surface area contributed by atoms with Crippen LogP contribution in [0.25, 0.3) is 0 Å². The Morgan fingerprint density at radius 3 is 1.47 bits per heavy atom. The first-order valence-electron chi connectivity index (χ1n) is 31.8. The number of hydrogen-bond acceptors (Lipinski definition) is 17. The number of aliphatic hydroxyl groups excluding tert-OH is 2. The molecule has 0 aromatic heterocycles. The molecule has 1 aromatic rings. The van der Waals surface area contributed by atoms with E-state index in [0.717, 1.165) is 5.56 Å². The van der Waals surface area contributed by atoms with Crippen molar-refractivity contribution in [2.24, 2.45) is 56.6 Å². The Kier molecular flexibility index (Phi) is 35.9. The average Bonchev–Trinajstić information content (AvgIpc) is 1.73. The zero-order valence-electron chi connectivity index (χ0n) is 55.2. The van der Waals surface area contributed by atoms with Gasteiger partial charge in [-0.1, -0.05) is 125 Å². The summed E-state index contributed by atoms with van der Waals surface area (Å²) in [7, 11) is 1.61. The minimum atomic E-state index is -1.83. The molecule has 1 aromatic carbocycles. The molecule has 0 aliphatic carbocycles. The molecule has 1 aliphatic rings. The van der Waals surface area contributed by atoms with E-state index < -0.39 is 174 Å². The van der Waals surface area contributed by atoms with Crippen LogP contribution in [0.5, 0.6) is 0 Å². The van der Waals surface area contributed by atoms with Crippen LogP contribution in [0.15, 0.2) is 40.3 Å². The Bertz CT molecular complexity index is 2640. The molecule has 92 heavy (non-hydrogen) atoms. The molecular weight excluding hydrogens is 1190 g/mol. The molecule has 31 nitrogen and oxygen atoms in total. The molecule has 1 aliphatic heterocycles. The van der Waals surface area contributed by atoms with Crippen molar-refractivity contribution in [2.75, 3.05) is 33.4 Å².